The fraction of sp³-hybridized carbons (Fsp3) is 1.00. The van der Waals surface area contributed by atoms with Crippen LogP contribution in [0, 0.1) is 0 Å². The van der Waals surface area contributed by atoms with E-state index in [1.54, 1.807) is 0 Å². The molecule has 0 amide bonds. The van der Waals surface area contributed by atoms with Gasteiger partial charge in [0.2, 0.25) is 0 Å². The van der Waals surface area contributed by atoms with E-state index in [9.17, 15) is 0 Å². The van der Waals surface area contributed by atoms with Gasteiger partial charge in [-0.3, -0.25) is 0 Å². The van der Waals surface area contributed by atoms with Gasteiger partial charge in [0.1, 0.15) is 0 Å². The Bertz CT molecular complexity index is 151. The Balaban J connectivity index is 3.19. The molecule has 0 aromatic rings. The maximum absolute atomic E-state index is 2.49. The summed E-state index contributed by atoms with van der Waals surface area (Å²) in [5, 5.41) is 0. The van der Waals surface area contributed by atoms with E-state index in [1.807, 2.05) is 0 Å². The van der Waals surface area contributed by atoms with Gasteiger partial charge in [0.15, 0.2) is 0 Å². The molecule has 0 aromatic carbocycles. The average Bonchev–Trinajstić information content (AvgIpc) is 2.27. The van der Waals surface area contributed by atoms with E-state index in [0.29, 0.717) is 0 Å². The number of rotatable bonds is 12. The predicted octanol–water partition coefficient (Wildman–Crippen LogP) is 2.38. The molecule has 0 aromatic heterocycles. The molecule has 0 saturated carbocycles. The first-order valence-corrected chi connectivity index (χ1v) is 7.50. The van der Waals surface area contributed by atoms with Gasteiger partial charge in [-0.1, -0.05) is 12.8 Å². The lowest BCUT2D eigenvalue weighted by Crippen LogP contribution is -2.21. The summed E-state index contributed by atoms with van der Waals surface area (Å²) in [7, 11) is 10.9. The van der Waals surface area contributed by atoms with Crippen LogP contribution < -0.4 is 0 Å². The van der Waals surface area contributed by atoms with Crippen molar-refractivity contribution < 1.29 is 0 Å². The highest BCUT2D eigenvalue weighted by atomic mass is 15.1. The standard InChI is InChI=1S/C15H35N3/c1-16(2)12-8-6-10-14-18(5)15-11-7-9-13-17(3)4/h6-15H2,1-5H3. The molecular weight excluding hydrogens is 222 g/mol. The molecule has 0 heterocycles. The molecule has 110 valence electrons. The molecule has 0 spiro atoms. The second kappa shape index (κ2) is 11.9. The normalized spacial score (nSPS) is 12.0. The summed E-state index contributed by atoms with van der Waals surface area (Å²) >= 11 is 0. The van der Waals surface area contributed by atoms with Crippen molar-refractivity contribution in [3.8, 4) is 0 Å². The van der Waals surface area contributed by atoms with Crippen LogP contribution in [0.2, 0.25) is 0 Å². The van der Waals surface area contributed by atoms with E-state index in [0.717, 1.165) is 0 Å². The van der Waals surface area contributed by atoms with Gasteiger partial charge >= 0.3 is 0 Å². The van der Waals surface area contributed by atoms with Crippen molar-refractivity contribution in [1.82, 2.24) is 14.7 Å². The van der Waals surface area contributed by atoms with Crippen LogP contribution in [0.4, 0.5) is 0 Å². The highest BCUT2D eigenvalue weighted by molar-refractivity contribution is 4.55. The van der Waals surface area contributed by atoms with Crippen molar-refractivity contribution in [2.24, 2.45) is 0 Å². The number of nitrogens with zero attached hydrogens (tertiary/aromatic N) is 3. The summed E-state index contributed by atoms with van der Waals surface area (Å²) in [6.07, 6.45) is 8.10. The summed E-state index contributed by atoms with van der Waals surface area (Å²) in [4.78, 5) is 7.04. The summed E-state index contributed by atoms with van der Waals surface area (Å²) in [6, 6.07) is 0. The maximum Gasteiger partial charge on any atom is -0.00218 e. The minimum atomic E-state index is 1.23. The largest absolute Gasteiger partial charge is 0.309 e. The molecule has 0 fully saturated rings. The monoisotopic (exact) mass is 257 g/mol. The van der Waals surface area contributed by atoms with Crippen LogP contribution in [-0.2, 0) is 0 Å². The Labute approximate surface area is 115 Å². The van der Waals surface area contributed by atoms with Gasteiger partial charge in [0.25, 0.3) is 0 Å². The Morgan fingerprint density at radius 2 is 0.778 bits per heavy atom. The third-order valence-electron chi connectivity index (χ3n) is 3.29. The lowest BCUT2D eigenvalue weighted by atomic mass is 10.2. The van der Waals surface area contributed by atoms with Crippen LogP contribution in [-0.4, -0.2) is 76.1 Å². The van der Waals surface area contributed by atoms with Crippen molar-refractivity contribution in [2.45, 2.75) is 38.5 Å². The molecule has 3 heteroatoms. The van der Waals surface area contributed by atoms with Crippen LogP contribution in [0.15, 0.2) is 0 Å². The second-order valence-corrected chi connectivity index (χ2v) is 6.03. The fourth-order valence-electron chi connectivity index (χ4n) is 2.08. The summed E-state index contributed by atoms with van der Waals surface area (Å²) < 4.78 is 0. The first-order valence-electron chi connectivity index (χ1n) is 7.50. The highest BCUT2D eigenvalue weighted by Gasteiger charge is 1.99. The molecule has 0 aliphatic heterocycles. The van der Waals surface area contributed by atoms with Gasteiger partial charge in [0, 0.05) is 0 Å². The Morgan fingerprint density at radius 1 is 0.444 bits per heavy atom. The third-order valence-corrected chi connectivity index (χ3v) is 3.29. The van der Waals surface area contributed by atoms with Gasteiger partial charge in [-0.2, -0.15) is 0 Å². The first-order chi connectivity index (χ1) is 8.52. The molecule has 0 atom stereocenters. The second-order valence-electron chi connectivity index (χ2n) is 6.03. The van der Waals surface area contributed by atoms with Gasteiger partial charge in [-0.25, -0.2) is 0 Å². The van der Waals surface area contributed by atoms with Crippen LogP contribution in [0.25, 0.3) is 0 Å². The van der Waals surface area contributed by atoms with Crippen molar-refractivity contribution >= 4 is 0 Å². The van der Waals surface area contributed by atoms with Gasteiger partial charge in [-0.05, 0) is 87.1 Å². The maximum atomic E-state index is 2.49. The van der Waals surface area contributed by atoms with E-state index in [1.165, 1.54) is 64.7 Å². The SMILES string of the molecule is CN(C)CCCCCN(C)CCCCCN(C)C. The lowest BCUT2D eigenvalue weighted by Gasteiger charge is -2.17. The van der Waals surface area contributed by atoms with Crippen LogP contribution >= 0.6 is 0 Å². The van der Waals surface area contributed by atoms with Crippen LogP contribution in [0.1, 0.15) is 38.5 Å². The average molecular weight is 257 g/mol. The third kappa shape index (κ3) is 13.9. The molecule has 0 saturated heterocycles. The minimum Gasteiger partial charge on any atom is -0.309 e. The van der Waals surface area contributed by atoms with E-state index < -0.39 is 0 Å². The predicted molar refractivity (Wildman–Crippen MR) is 82.3 cm³/mol. The highest BCUT2D eigenvalue weighted by Crippen LogP contribution is 2.01. The molecule has 0 rings (SSSR count). The molecule has 3 nitrogen and oxygen atoms in total. The van der Waals surface area contributed by atoms with Crippen molar-refractivity contribution in [2.75, 3.05) is 61.4 Å². The molecular formula is C15H35N3. The van der Waals surface area contributed by atoms with Crippen molar-refractivity contribution in [3.63, 3.8) is 0 Å². The number of unbranched alkanes of at least 4 members (excludes halogenated alkanes) is 4. The summed E-state index contributed by atoms with van der Waals surface area (Å²) in [6.45, 7) is 4.99. The van der Waals surface area contributed by atoms with E-state index in [-0.39, 0.29) is 0 Å². The quantitative estimate of drug-likeness (QED) is 0.497. The van der Waals surface area contributed by atoms with Gasteiger partial charge < -0.3 is 14.7 Å². The molecule has 0 aliphatic rings. The minimum absolute atomic E-state index is 1.23. The first kappa shape index (κ1) is 17.9. The van der Waals surface area contributed by atoms with E-state index >= 15 is 0 Å². The molecule has 18 heavy (non-hydrogen) atoms. The van der Waals surface area contributed by atoms with Crippen molar-refractivity contribution in [1.29, 1.82) is 0 Å². The molecule has 0 bridgehead atoms. The van der Waals surface area contributed by atoms with Gasteiger partial charge in [0.05, 0.1) is 0 Å². The Morgan fingerprint density at radius 3 is 1.11 bits per heavy atom. The topological polar surface area (TPSA) is 9.72 Å². The molecule has 0 aliphatic carbocycles. The fourth-order valence-corrected chi connectivity index (χ4v) is 2.08. The van der Waals surface area contributed by atoms with Crippen molar-refractivity contribution in [3.05, 3.63) is 0 Å². The molecule has 0 N–H and O–H groups in total. The number of hydrogen-bond acceptors (Lipinski definition) is 3. The molecule has 0 radical (unpaired) electrons. The van der Waals surface area contributed by atoms with Crippen LogP contribution in [0.3, 0.4) is 0 Å². The zero-order valence-electron chi connectivity index (χ0n) is 13.4. The zero-order valence-corrected chi connectivity index (χ0v) is 13.4. The smallest absolute Gasteiger partial charge is 0.00218 e. The van der Waals surface area contributed by atoms with Crippen LogP contribution in [0.5, 0.6) is 0 Å². The van der Waals surface area contributed by atoms with E-state index in [4.69, 9.17) is 0 Å². The van der Waals surface area contributed by atoms with Gasteiger partial charge in [-0.15, -0.1) is 0 Å². The zero-order chi connectivity index (χ0) is 13.8. The lowest BCUT2D eigenvalue weighted by molar-refractivity contribution is 0.305. The summed E-state index contributed by atoms with van der Waals surface area (Å²) in [5.41, 5.74) is 0. The summed E-state index contributed by atoms with van der Waals surface area (Å²) in [5.74, 6) is 0. The molecule has 0 unspecified atom stereocenters. The number of hydrogen-bond donors (Lipinski definition) is 0. The Kier molecular flexibility index (Phi) is 11.9. The Hall–Kier alpha value is -0.120. The van der Waals surface area contributed by atoms with E-state index in [2.05, 4.69) is 49.9 Å².